The molecule has 5 atom stereocenters. The monoisotopic (exact) mass is 862 g/mol. The first kappa shape index (κ1) is 43.5. The number of carbonyl (C=O) groups excluding carboxylic acids is 4. The number of benzene rings is 1. The van der Waals surface area contributed by atoms with Crippen molar-refractivity contribution in [1.29, 1.82) is 0 Å². The van der Waals surface area contributed by atoms with E-state index >= 15 is 0 Å². The number of methoxy groups -OCH3 is 1. The Morgan fingerprint density at radius 1 is 1.10 bits per heavy atom. The van der Waals surface area contributed by atoms with Gasteiger partial charge in [-0.1, -0.05) is 40.7 Å². The zero-order valence-electron chi connectivity index (χ0n) is 35.7. The lowest BCUT2D eigenvalue weighted by Crippen LogP contribution is -2.57. The van der Waals surface area contributed by atoms with Crippen molar-refractivity contribution in [2.75, 3.05) is 26.7 Å². The van der Waals surface area contributed by atoms with E-state index in [9.17, 15) is 27.6 Å². The molecule has 4 fully saturated rings. The number of pyridine rings is 1. The maximum Gasteiger partial charge on any atom is 0.262 e. The Morgan fingerprint density at radius 2 is 1.82 bits per heavy atom. The molecule has 4 amide bonds. The van der Waals surface area contributed by atoms with Gasteiger partial charge in [0.05, 0.1) is 30.8 Å². The van der Waals surface area contributed by atoms with Crippen LogP contribution in [0.2, 0.25) is 0 Å². The molecule has 2 aliphatic carbocycles. The Kier molecular flexibility index (Phi) is 12.4. The van der Waals surface area contributed by atoms with Crippen molar-refractivity contribution >= 4 is 56.8 Å². The molecule has 1 N–H and O–H groups in total. The minimum Gasteiger partial charge on any atom is -0.496 e. The van der Waals surface area contributed by atoms with E-state index in [2.05, 4.69) is 25.7 Å². The van der Waals surface area contributed by atoms with Crippen LogP contribution in [0.3, 0.4) is 0 Å². The van der Waals surface area contributed by atoms with E-state index in [-0.39, 0.29) is 43.5 Å². The molecule has 1 unspecified atom stereocenters. The molecule has 324 valence electrons. The van der Waals surface area contributed by atoms with Gasteiger partial charge in [-0.05, 0) is 68.9 Å². The Labute approximate surface area is 358 Å². The molecule has 0 spiro atoms. The number of ether oxygens (including phenoxy) is 2. The Morgan fingerprint density at radius 3 is 2.40 bits per heavy atom. The predicted octanol–water partition coefficient (Wildman–Crippen LogP) is 5.79. The Bertz CT molecular complexity index is 2250. The molecule has 0 radical (unpaired) electrons. The lowest BCUT2D eigenvalue weighted by atomic mass is 9.77. The van der Waals surface area contributed by atoms with Gasteiger partial charge in [0, 0.05) is 60.3 Å². The van der Waals surface area contributed by atoms with Gasteiger partial charge in [-0.3, -0.25) is 19.2 Å². The van der Waals surface area contributed by atoms with Crippen LogP contribution in [0.25, 0.3) is 21.6 Å². The van der Waals surface area contributed by atoms with Crippen molar-refractivity contribution < 1.29 is 37.1 Å². The number of aryl methyl sites for hydroxylation is 1. The molecule has 14 nitrogen and oxygen atoms in total. The maximum atomic E-state index is 15.0. The number of nitrogens with zero attached hydrogens (tertiary/aromatic N) is 5. The summed E-state index contributed by atoms with van der Waals surface area (Å²) in [4.78, 5) is 70.6. The van der Waals surface area contributed by atoms with Crippen molar-refractivity contribution in [2.45, 2.75) is 123 Å². The highest BCUT2D eigenvalue weighted by Gasteiger charge is 2.63. The van der Waals surface area contributed by atoms with Gasteiger partial charge in [0.1, 0.15) is 39.9 Å². The molecular formula is C44H58N6O8S2. The smallest absolute Gasteiger partial charge is 0.262 e. The van der Waals surface area contributed by atoms with E-state index in [1.807, 2.05) is 56.2 Å². The molecule has 7 rings (SSSR count). The maximum absolute atomic E-state index is 15.0. The highest BCUT2D eigenvalue weighted by molar-refractivity contribution is 7.70. The second kappa shape index (κ2) is 17.1. The van der Waals surface area contributed by atoms with Crippen molar-refractivity contribution in [1.82, 2.24) is 29.4 Å². The van der Waals surface area contributed by atoms with Gasteiger partial charge in [-0.15, -0.1) is 17.9 Å². The molecule has 2 aliphatic heterocycles. The van der Waals surface area contributed by atoms with Gasteiger partial charge < -0.3 is 24.6 Å². The third kappa shape index (κ3) is 8.63. The van der Waals surface area contributed by atoms with Gasteiger partial charge in [0.2, 0.25) is 28.6 Å². The number of thiazole rings is 1. The fraction of sp³-hybridized carbons (Fsp3) is 0.591. The molecular weight excluding hydrogens is 805 g/mol. The molecule has 2 saturated carbocycles. The fourth-order valence-electron chi connectivity index (χ4n) is 8.66. The van der Waals surface area contributed by atoms with Crippen LogP contribution in [0.4, 0.5) is 0 Å². The molecule has 2 aromatic heterocycles. The lowest BCUT2D eigenvalue weighted by Gasteiger charge is -2.36. The molecule has 4 aliphatic rings. The van der Waals surface area contributed by atoms with Crippen LogP contribution in [0.15, 0.2) is 36.2 Å². The molecule has 3 aromatic rings. The topological polar surface area (TPSA) is 168 Å². The molecule has 16 heteroatoms. The van der Waals surface area contributed by atoms with E-state index in [0.29, 0.717) is 54.0 Å². The highest BCUT2D eigenvalue weighted by Crippen LogP contribution is 2.48. The molecule has 60 heavy (non-hydrogen) atoms. The molecule has 0 bridgehead atoms. The normalized spacial score (nSPS) is 23.4. The average Bonchev–Trinajstić information content (AvgIpc) is 4.06. The number of fused-ring (bicyclic) bond motifs is 1. The summed E-state index contributed by atoms with van der Waals surface area (Å²) in [5.74, 6) is -1.62. The number of hydrogen-bond donors (Lipinski definition) is 2. The first-order valence-corrected chi connectivity index (χ1v) is 23.1. The van der Waals surface area contributed by atoms with Crippen LogP contribution in [0, 0.1) is 24.2 Å². The van der Waals surface area contributed by atoms with Crippen molar-refractivity contribution in [3.63, 3.8) is 0 Å². The number of rotatable bonds is 14. The highest BCUT2D eigenvalue weighted by atomic mass is 32.2. The summed E-state index contributed by atoms with van der Waals surface area (Å²) in [5, 5.41) is 6.39. The Hall–Kier alpha value is -4.57. The zero-order chi connectivity index (χ0) is 43.3. The number of piperidine rings is 1. The number of aromatic nitrogens is 2. The summed E-state index contributed by atoms with van der Waals surface area (Å²) >= 11 is 1.49. The number of amides is 4. The van der Waals surface area contributed by atoms with E-state index in [0.717, 1.165) is 39.8 Å². The summed E-state index contributed by atoms with van der Waals surface area (Å²) in [6.45, 7) is 17.0. The largest absolute Gasteiger partial charge is 0.496 e. The standard InChI is InChI=1S/C44H58N6O8S2/c1-9-27-22-44(27,42(54)50(60(55)56)28-13-14-28)47-39(52)34-19-29(23-49(34)41(53)31(43(5,6)7)20-37(51)48-17-11-10-12-18-48)58-36-21-32(40-46-33(24-59-40)25(2)3)45-38-26(4)35(57-8)16-15-30(36)38/h9,15-16,21,24-25,27-29,31,34,60H,1,10-14,17-20,22-23H2,2-8H3,(H,47,52)/t27-,29-,31-,34+,44?/m1/s1. The van der Waals surface area contributed by atoms with Crippen molar-refractivity contribution in [3.8, 4) is 22.2 Å². The van der Waals surface area contributed by atoms with Crippen molar-refractivity contribution in [3.05, 3.63) is 47.5 Å². The predicted molar refractivity (Wildman–Crippen MR) is 230 cm³/mol. The summed E-state index contributed by atoms with van der Waals surface area (Å²) in [7, 11) is -1.63. The van der Waals surface area contributed by atoms with Crippen LogP contribution in [0.1, 0.15) is 103 Å². The number of hydrogen-bond acceptors (Lipinski definition) is 11. The van der Waals surface area contributed by atoms with Gasteiger partial charge in [-0.2, -0.15) is 0 Å². The third-order valence-corrected chi connectivity index (χ3v) is 14.3. The van der Waals surface area contributed by atoms with Crippen LogP contribution in [0.5, 0.6) is 11.5 Å². The number of likely N-dealkylation sites (tertiary alicyclic amines) is 2. The number of carbonyl (C=O) groups is 4. The Balaban J connectivity index is 1.25. The first-order valence-electron chi connectivity index (χ1n) is 21.1. The van der Waals surface area contributed by atoms with E-state index < -0.39 is 63.7 Å². The first-order chi connectivity index (χ1) is 28.5. The summed E-state index contributed by atoms with van der Waals surface area (Å²) < 4.78 is 38.1. The number of nitrogens with one attached hydrogen (secondary N) is 1. The second-order valence-corrected chi connectivity index (χ2v) is 20.0. The fourth-order valence-corrected chi connectivity index (χ4v) is 10.4. The van der Waals surface area contributed by atoms with Crippen LogP contribution < -0.4 is 14.8 Å². The van der Waals surface area contributed by atoms with E-state index in [4.69, 9.17) is 19.4 Å². The molecule has 4 heterocycles. The minimum absolute atomic E-state index is 0.0157. The van der Waals surface area contributed by atoms with E-state index in [1.54, 1.807) is 13.2 Å². The summed E-state index contributed by atoms with van der Waals surface area (Å²) in [6, 6.07) is 4.04. The quantitative estimate of drug-likeness (QED) is 0.150. The summed E-state index contributed by atoms with van der Waals surface area (Å²) in [6.07, 6.45) is 5.12. The SMILES string of the molecule is C=C[C@@H]1CC1(NC(=O)[C@@H]1C[C@@H](Oc2cc(-c3nc(C(C)C)cs3)nc3c(C)c(OC)ccc23)CN1C(=O)[C@@H](CC(=O)N1CCCCC1)C(C)(C)C)C(=O)N(C1CC1)[SH](=O)=O. The van der Waals surface area contributed by atoms with Gasteiger partial charge in [-0.25, -0.2) is 22.7 Å². The van der Waals surface area contributed by atoms with Gasteiger partial charge in [0.15, 0.2) is 0 Å². The minimum atomic E-state index is -3.24. The van der Waals surface area contributed by atoms with E-state index in [1.165, 1.54) is 16.2 Å². The van der Waals surface area contributed by atoms with Crippen molar-refractivity contribution in [2.24, 2.45) is 17.3 Å². The van der Waals surface area contributed by atoms with Crippen LogP contribution >= 0.6 is 11.3 Å². The van der Waals surface area contributed by atoms with Gasteiger partial charge >= 0.3 is 0 Å². The number of thiol groups is 1. The summed E-state index contributed by atoms with van der Waals surface area (Å²) in [5.41, 5.74) is 0.869. The molecule has 1 aromatic carbocycles. The van der Waals surface area contributed by atoms with Crippen LogP contribution in [-0.2, 0) is 30.1 Å². The molecule has 2 saturated heterocycles. The van der Waals surface area contributed by atoms with Crippen LogP contribution in [-0.4, -0.2) is 107 Å². The lowest BCUT2D eigenvalue weighted by molar-refractivity contribution is -0.149. The zero-order valence-corrected chi connectivity index (χ0v) is 37.4. The van der Waals surface area contributed by atoms with Gasteiger partial charge in [0.25, 0.3) is 5.91 Å². The third-order valence-electron chi connectivity index (χ3n) is 12.6. The average molecular weight is 863 g/mol. The second-order valence-electron chi connectivity index (χ2n) is 18.2.